The minimum Gasteiger partial charge on any atom is -0.465 e. The van der Waals surface area contributed by atoms with E-state index >= 15 is 0 Å². The molecule has 0 aliphatic carbocycles. The highest BCUT2D eigenvalue weighted by Crippen LogP contribution is 2.39. The molecule has 2 aromatic heterocycles. The van der Waals surface area contributed by atoms with Crippen molar-refractivity contribution >= 4 is 34.9 Å². The number of aromatic nitrogens is 2. The lowest BCUT2D eigenvalue weighted by atomic mass is 10.0. The van der Waals surface area contributed by atoms with Crippen molar-refractivity contribution in [2.45, 2.75) is 25.4 Å². The first-order valence-corrected chi connectivity index (χ1v) is 13.1. The molecule has 198 valence electrons. The van der Waals surface area contributed by atoms with Gasteiger partial charge in [0.15, 0.2) is 5.11 Å². The Labute approximate surface area is 232 Å². The summed E-state index contributed by atoms with van der Waals surface area (Å²) >= 11 is 5.78. The molecule has 39 heavy (non-hydrogen) atoms. The number of methoxy groups -OCH3 is 1. The van der Waals surface area contributed by atoms with Crippen LogP contribution in [0.3, 0.4) is 0 Å². The number of pyridine rings is 1. The molecule has 0 bridgehead atoms. The summed E-state index contributed by atoms with van der Waals surface area (Å²) in [7, 11) is 1.37. The van der Waals surface area contributed by atoms with Gasteiger partial charge in [0.05, 0.1) is 30.5 Å². The Kier molecular flexibility index (Phi) is 7.69. The van der Waals surface area contributed by atoms with E-state index in [0.29, 0.717) is 17.2 Å². The van der Waals surface area contributed by atoms with Crippen molar-refractivity contribution < 1.29 is 14.3 Å². The van der Waals surface area contributed by atoms with Crippen molar-refractivity contribution in [1.82, 2.24) is 19.8 Å². The van der Waals surface area contributed by atoms with Gasteiger partial charge in [-0.15, -0.1) is 0 Å². The van der Waals surface area contributed by atoms with E-state index in [-0.39, 0.29) is 24.4 Å². The maximum atomic E-state index is 12.9. The second-order valence-electron chi connectivity index (χ2n) is 9.33. The van der Waals surface area contributed by atoms with Crippen molar-refractivity contribution in [3.8, 4) is 5.69 Å². The van der Waals surface area contributed by atoms with E-state index in [4.69, 9.17) is 17.0 Å². The summed E-state index contributed by atoms with van der Waals surface area (Å²) in [5, 5.41) is 6.97. The van der Waals surface area contributed by atoms with Gasteiger partial charge in [0.1, 0.15) is 0 Å². The molecule has 8 nitrogen and oxygen atoms in total. The number of esters is 1. The Morgan fingerprint density at radius 2 is 1.90 bits per heavy atom. The van der Waals surface area contributed by atoms with E-state index < -0.39 is 5.97 Å². The molecular formula is C30H29N5O3S. The molecule has 9 heteroatoms. The summed E-state index contributed by atoms with van der Waals surface area (Å²) in [6.45, 7) is 2.40. The fourth-order valence-corrected chi connectivity index (χ4v) is 5.24. The molecular weight excluding hydrogens is 510 g/mol. The molecule has 2 atom stereocenters. The third-order valence-corrected chi connectivity index (χ3v) is 7.06. The Bertz CT molecular complexity index is 1500. The predicted octanol–water partition coefficient (Wildman–Crippen LogP) is 4.97. The summed E-state index contributed by atoms with van der Waals surface area (Å²) in [6.07, 6.45) is 3.96. The number of aryl methyl sites for hydroxylation is 1. The molecule has 1 amide bonds. The van der Waals surface area contributed by atoms with Gasteiger partial charge in [-0.05, 0) is 79.3 Å². The lowest BCUT2D eigenvalue weighted by molar-refractivity contribution is -0.116. The second-order valence-corrected chi connectivity index (χ2v) is 9.72. The van der Waals surface area contributed by atoms with Crippen LogP contribution in [-0.2, 0) is 9.53 Å². The molecule has 1 fully saturated rings. The molecule has 1 aliphatic rings. The van der Waals surface area contributed by atoms with Crippen molar-refractivity contribution in [3.05, 3.63) is 114 Å². The van der Waals surface area contributed by atoms with Gasteiger partial charge in [0.25, 0.3) is 0 Å². The highest BCUT2D eigenvalue weighted by Gasteiger charge is 2.41. The van der Waals surface area contributed by atoms with Gasteiger partial charge in [-0.2, -0.15) is 0 Å². The fourth-order valence-electron chi connectivity index (χ4n) is 4.91. The number of anilines is 1. The number of carbonyl (C=O) groups excluding carboxylic acids is 2. The Hall–Kier alpha value is -4.50. The van der Waals surface area contributed by atoms with Gasteiger partial charge in [0, 0.05) is 42.4 Å². The van der Waals surface area contributed by atoms with Crippen LogP contribution >= 0.6 is 12.2 Å². The van der Waals surface area contributed by atoms with Crippen molar-refractivity contribution in [2.24, 2.45) is 0 Å². The molecule has 5 rings (SSSR count). The van der Waals surface area contributed by atoms with E-state index in [0.717, 1.165) is 28.3 Å². The number of hydrogen-bond donors (Lipinski definition) is 2. The van der Waals surface area contributed by atoms with Crippen LogP contribution in [-0.4, -0.2) is 45.1 Å². The van der Waals surface area contributed by atoms with E-state index in [1.165, 1.54) is 7.11 Å². The fraction of sp³-hybridized carbons (Fsp3) is 0.200. The maximum Gasteiger partial charge on any atom is 0.337 e. The first-order valence-electron chi connectivity index (χ1n) is 12.6. The van der Waals surface area contributed by atoms with Crippen LogP contribution in [0.1, 0.15) is 45.8 Å². The lowest BCUT2D eigenvalue weighted by Gasteiger charge is -2.29. The van der Waals surface area contributed by atoms with E-state index in [1.54, 1.807) is 18.3 Å². The van der Waals surface area contributed by atoms with Gasteiger partial charge in [-0.1, -0.05) is 24.3 Å². The average Bonchev–Trinajstić information content (AvgIpc) is 3.56. The third-order valence-electron chi connectivity index (χ3n) is 6.71. The van der Waals surface area contributed by atoms with Crippen molar-refractivity contribution in [2.75, 3.05) is 19.0 Å². The highest BCUT2D eigenvalue weighted by molar-refractivity contribution is 7.80. The molecule has 1 aliphatic heterocycles. The second kappa shape index (κ2) is 11.5. The minimum atomic E-state index is -0.401. The quantitative estimate of drug-likeness (QED) is 0.241. The van der Waals surface area contributed by atoms with Crippen LogP contribution in [0.4, 0.5) is 5.69 Å². The van der Waals surface area contributed by atoms with Gasteiger partial charge >= 0.3 is 5.97 Å². The normalized spacial score (nSPS) is 16.6. The summed E-state index contributed by atoms with van der Waals surface area (Å²) in [4.78, 5) is 31.7. The van der Waals surface area contributed by atoms with Gasteiger partial charge in [-0.3, -0.25) is 9.78 Å². The number of rotatable bonds is 8. The summed E-state index contributed by atoms with van der Waals surface area (Å²) in [5.74, 6) is -0.494. The minimum absolute atomic E-state index is 0.0930. The summed E-state index contributed by atoms with van der Waals surface area (Å²) in [6, 6.07) is 24.3. The zero-order valence-electron chi connectivity index (χ0n) is 21.7. The van der Waals surface area contributed by atoms with Crippen LogP contribution in [0.2, 0.25) is 0 Å². The van der Waals surface area contributed by atoms with Gasteiger partial charge < -0.3 is 24.8 Å². The van der Waals surface area contributed by atoms with E-state index in [1.807, 2.05) is 89.3 Å². The Morgan fingerprint density at radius 1 is 1.05 bits per heavy atom. The maximum absolute atomic E-state index is 12.9. The predicted molar refractivity (Wildman–Crippen MR) is 154 cm³/mol. The number of ether oxygens (including phenoxy) is 1. The van der Waals surface area contributed by atoms with E-state index in [9.17, 15) is 9.59 Å². The summed E-state index contributed by atoms with van der Waals surface area (Å²) in [5.41, 5.74) is 4.90. The molecule has 4 aromatic rings. The standard InChI is InChI=1S/C30H29N5O3S/c1-20-8-5-10-22(18-20)32-26(36)14-17-35-28(27(33-30(35)39)24-12-3-4-15-31-24)25-13-7-16-34(25)23-11-6-9-21(19-23)29(37)38-2/h3-13,15-16,18-19,27-28H,14,17H2,1-2H3,(H,32,36)(H,33,39)/t27-,28+/m1/s1. The monoisotopic (exact) mass is 539 g/mol. The molecule has 0 saturated carbocycles. The van der Waals surface area contributed by atoms with Crippen LogP contribution in [0.25, 0.3) is 5.69 Å². The summed E-state index contributed by atoms with van der Waals surface area (Å²) < 4.78 is 6.95. The molecule has 2 N–H and O–H groups in total. The first kappa shape index (κ1) is 26.1. The number of thiocarbonyl (C=S) groups is 1. The molecule has 3 heterocycles. The third kappa shape index (κ3) is 5.68. The number of benzene rings is 2. The van der Waals surface area contributed by atoms with Gasteiger partial charge in [-0.25, -0.2) is 4.79 Å². The first-order chi connectivity index (χ1) is 18.9. The Balaban J connectivity index is 1.46. The smallest absolute Gasteiger partial charge is 0.337 e. The zero-order chi connectivity index (χ0) is 27.4. The molecule has 0 radical (unpaired) electrons. The van der Waals surface area contributed by atoms with E-state index in [2.05, 4.69) is 15.6 Å². The zero-order valence-corrected chi connectivity index (χ0v) is 22.5. The number of amides is 1. The van der Waals surface area contributed by atoms with Crippen LogP contribution < -0.4 is 10.6 Å². The van der Waals surface area contributed by atoms with Crippen LogP contribution in [0.5, 0.6) is 0 Å². The lowest BCUT2D eigenvalue weighted by Crippen LogP contribution is -2.33. The molecule has 0 unspecified atom stereocenters. The van der Waals surface area contributed by atoms with Gasteiger partial charge in [0.2, 0.25) is 5.91 Å². The number of nitrogens with one attached hydrogen (secondary N) is 2. The topological polar surface area (TPSA) is 88.5 Å². The molecule has 2 aromatic carbocycles. The Morgan fingerprint density at radius 3 is 2.67 bits per heavy atom. The molecule has 1 saturated heterocycles. The van der Waals surface area contributed by atoms with Crippen LogP contribution in [0.15, 0.2) is 91.3 Å². The largest absolute Gasteiger partial charge is 0.465 e. The molecule has 0 spiro atoms. The number of carbonyl (C=O) groups is 2. The van der Waals surface area contributed by atoms with Crippen LogP contribution in [0, 0.1) is 6.92 Å². The SMILES string of the molecule is COC(=O)c1cccc(-n2cccc2[C@H]2[C@@H](c3ccccn3)NC(=S)N2CCC(=O)Nc2cccc(C)c2)c1. The average molecular weight is 540 g/mol. The highest BCUT2D eigenvalue weighted by atomic mass is 32.1. The van der Waals surface area contributed by atoms with Crippen molar-refractivity contribution in [1.29, 1.82) is 0 Å². The van der Waals surface area contributed by atoms with Crippen molar-refractivity contribution in [3.63, 3.8) is 0 Å². The number of nitrogens with zero attached hydrogens (tertiary/aromatic N) is 3. The number of hydrogen-bond acceptors (Lipinski definition) is 5.